The number of aromatic nitrogens is 4. The number of ether oxygens (including phenoxy) is 6. The van der Waals surface area contributed by atoms with Gasteiger partial charge >= 0.3 is 17.1 Å². The van der Waals surface area contributed by atoms with E-state index in [1.807, 2.05) is 109 Å². The average Bonchev–Trinajstić information content (AvgIpc) is 4.20. The zero-order valence-corrected chi connectivity index (χ0v) is 38.7. The molecular formula is C50H54MnN4O15. The van der Waals surface area contributed by atoms with Gasteiger partial charge < -0.3 is 84.7 Å². The first kappa shape index (κ1) is 52.5. The van der Waals surface area contributed by atoms with E-state index < -0.39 is 74.6 Å². The average molecular weight is 1010 g/mol. The Labute approximate surface area is 412 Å². The van der Waals surface area contributed by atoms with Gasteiger partial charge in [0.25, 0.3) is 0 Å². The molecule has 371 valence electrons. The first-order chi connectivity index (χ1) is 33.1. The SMILES string of the molecule is O.OCC1OC(OCCCOc2ccc(-c3c4nc(cc5ccc([n-]5)c(-c5ccc(OCCCOC6OC(CO)C(O)C(O)C6O)cc5)c5nc(cc6ccc3[n-]6)C=C5)C=C4)cc2)C(O)C(O)C1O.[Mn+2]. The molecule has 2 fully saturated rings. The summed E-state index contributed by atoms with van der Waals surface area (Å²) in [6.07, 6.45) is -4.66. The Morgan fingerprint density at radius 2 is 0.886 bits per heavy atom. The third-order valence-corrected chi connectivity index (χ3v) is 11.9. The summed E-state index contributed by atoms with van der Waals surface area (Å²) in [7, 11) is 0. The van der Waals surface area contributed by atoms with Crippen LogP contribution in [0.15, 0.2) is 84.9 Å². The molecule has 70 heavy (non-hydrogen) atoms. The summed E-state index contributed by atoms with van der Waals surface area (Å²) in [6.45, 7) is -0.215. The number of rotatable bonds is 16. The van der Waals surface area contributed by atoms with E-state index in [1.54, 1.807) is 0 Å². The number of fused-ring (bicyclic) bond motifs is 8. The van der Waals surface area contributed by atoms with Crippen LogP contribution in [0.2, 0.25) is 0 Å². The monoisotopic (exact) mass is 1010 g/mol. The van der Waals surface area contributed by atoms with E-state index >= 15 is 0 Å². The van der Waals surface area contributed by atoms with Crippen LogP contribution in [0.1, 0.15) is 35.6 Å². The minimum absolute atomic E-state index is 0. The van der Waals surface area contributed by atoms with Gasteiger partial charge in [-0.15, -0.1) is 22.1 Å². The fourth-order valence-electron chi connectivity index (χ4n) is 8.29. The molecule has 2 aromatic carbocycles. The number of hydrogen-bond acceptors (Lipinski definition) is 16. The smallest absolute Gasteiger partial charge is 0.657 e. The molecule has 10 atom stereocenters. The van der Waals surface area contributed by atoms with Crippen molar-refractivity contribution in [3.8, 4) is 33.8 Å². The normalized spacial score (nSPS) is 25.0. The molecule has 1 radical (unpaired) electrons. The molecule has 0 amide bonds. The molecule has 8 bridgehead atoms. The fourth-order valence-corrected chi connectivity index (χ4v) is 8.29. The molecular weight excluding hydrogens is 952 g/mol. The molecule has 9 rings (SSSR count). The second-order valence-electron chi connectivity index (χ2n) is 16.6. The number of nitrogens with zero attached hydrogens (tertiary/aromatic N) is 4. The van der Waals surface area contributed by atoms with E-state index in [4.69, 9.17) is 48.4 Å². The number of aliphatic hydroxyl groups excluding tert-OH is 8. The van der Waals surface area contributed by atoms with Crippen molar-refractivity contribution in [2.75, 3.05) is 39.6 Å². The largest absolute Gasteiger partial charge is 2.00 e. The molecule has 19 nitrogen and oxygen atoms in total. The van der Waals surface area contributed by atoms with Crippen molar-refractivity contribution in [1.29, 1.82) is 0 Å². The molecule has 2 saturated heterocycles. The first-order valence-electron chi connectivity index (χ1n) is 22.4. The number of hydrogen-bond donors (Lipinski definition) is 8. The summed E-state index contributed by atoms with van der Waals surface area (Å²) in [5.74, 6) is 1.24. The molecule has 0 aliphatic carbocycles. The Balaban J connectivity index is 0.00000361. The van der Waals surface area contributed by atoms with Crippen LogP contribution in [0.4, 0.5) is 0 Å². The van der Waals surface area contributed by atoms with Crippen molar-refractivity contribution in [3.63, 3.8) is 0 Å². The molecule has 20 heteroatoms. The van der Waals surface area contributed by atoms with Crippen molar-refractivity contribution in [1.82, 2.24) is 19.9 Å². The zero-order chi connectivity index (χ0) is 47.3. The van der Waals surface area contributed by atoms with E-state index in [-0.39, 0.29) is 49.0 Å². The standard InChI is InChI=1S/C50H52N4O14.Mn.H2O/c55-25-39-43(57)45(59)47(61)49(67-39)65-21-1-19-63-33-11-3-27(4-12-33)41-35-15-7-29(51-35)23-31-9-17-37(53-31)42(38-18-10-32(54-38)24-30-8-16-36(41)52-30)28-5-13-34(14-6-28)64-20-2-22-66-50-48(62)46(60)44(58)40(26-56)68-50;;/h3-18,23-24,39-40,43-50,55-62H,1-2,19-22,25-26H2;;1H2/q-2;+2;. The Kier molecular flexibility index (Phi) is 17.8. The minimum Gasteiger partial charge on any atom is -0.657 e. The van der Waals surface area contributed by atoms with Gasteiger partial charge in [0.15, 0.2) is 12.6 Å². The molecule has 0 saturated carbocycles. The van der Waals surface area contributed by atoms with Crippen LogP contribution in [-0.4, -0.2) is 157 Å². The zero-order valence-electron chi connectivity index (χ0n) is 37.5. The molecule has 7 heterocycles. The van der Waals surface area contributed by atoms with E-state index in [9.17, 15) is 40.9 Å². The maximum Gasteiger partial charge on any atom is 2.00 e. The third-order valence-electron chi connectivity index (χ3n) is 11.9. The van der Waals surface area contributed by atoms with Gasteiger partial charge in [0.05, 0.1) is 62.4 Å². The van der Waals surface area contributed by atoms with Crippen LogP contribution in [0, 0.1) is 0 Å². The van der Waals surface area contributed by atoms with Gasteiger partial charge in [-0.2, -0.15) is 0 Å². The van der Waals surface area contributed by atoms with Gasteiger partial charge in [0.2, 0.25) is 0 Å². The van der Waals surface area contributed by atoms with Crippen molar-refractivity contribution in [2.45, 2.75) is 74.3 Å². The van der Waals surface area contributed by atoms with Crippen LogP contribution in [-0.2, 0) is 36.0 Å². The molecule has 4 aliphatic heterocycles. The second-order valence-corrected chi connectivity index (χ2v) is 16.6. The molecule has 10 N–H and O–H groups in total. The predicted molar refractivity (Wildman–Crippen MR) is 251 cm³/mol. The molecule has 4 aliphatic rings. The Morgan fingerprint density at radius 3 is 1.27 bits per heavy atom. The van der Waals surface area contributed by atoms with Crippen molar-refractivity contribution in [3.05, 3.63) is 108 Å². The van der Waals surface area contributed by atoms with Crippen LogP contribution in [0.3, 0.4) is 0 Å². The molecule has 10 unspecified atom stereocenters. The van der Waals surface area contributed by atoms with Crippen LogP contribution >= 0.6 is 0 Å². The quantitative estimate of drug-likeness (QED) is 0.0504. The third kappa shape index (κ3) is 11.7. The van der Waals surface area contributed by atoms with Gasteiger partial charge in [0, 0.05) is 12.8 Å². The Hall–Kier alpha value is -5.36. The summed E-state index contributed by atoms with van der Waals surface area (Å²) >= 11 is 0. The maximum absolute atomic E-state index is 10.2. The van der Waals surface area contributed by atoms with E-state index in [0.29, 0.717) is 46.8 Å². The molecule has 5 aromatic rings. The summed E-state index contributed by atoms with van der Waals surface area (Å²) in [5, 5.41) is 79.3. The topological polar surface area (TPSA) is 303 Å². The second kappa shape index (κ2) is 23.7. The van der Waals surface area contributed by atoms with Gasteiger partial charge in [-0.3, -0.25) is 0 Å². The fraction of sp³-hybridized carbons (Fsp3) is 0.360. The minimum atomic E-state index is -1.51. The summed E-state index contributed by atoms with van der Waals surface area (Å²) in [4.78, 5) is 20.0. The number of benzene rings is 2. The van der Waals surface area contributed by atoms with Crippen LogP contribution < -0.4 is 19.4 Å². The Morgan fingerprint density at radius 1 is 0.486 bits per heavy atom. The van der Waals surface area contributed by atoms with E-state index in [0.717, 1.165) is 44.7 Å². The van der Waals surface area contributed by atoms with Gasteiger partial charge in [-0.1, -0.05) is 60.7 Å². The summed E-state index contributed by atoms with van der Waals surface area (Å²) in [5.41, 5.74) is 9.17. The van der Waals surface area contributed by atoms with Gasteiger partial charge in [-0.25, -0.2) is 9.97 Å². The van der Waals surface area contributed by atoms with Crippen molar-refractivity contribution < 1.29 is 91.8 Å². The maximum atomic E-state index is 10.2. The molecule has 3 aromatic heterocycles. The van der Waals surface area contributed by atoms with Crippen molar-refractivity contribution >= 4 is 46.4 Å². The van der Waals surface area contributed by atoms with Crippen molar-refractivity contribution in [2.24, 2.45) is 0 Å². The predicted octanol–water partition coefficient (Wildman–Crippen LogP) is 1.59. The molecule has 0 spiro atoms. The van der Waals surface area contributed by atoms with Gasteiger partial charge in [0.1, 0.15) is 60.3 Å². The first-order valence-corrected chi connectivity index (χ1v) is 22.4. The van der Waals surface area contributed by atoms with Crippen LogP contribution in [0.5, 0.6) is 11.5 Å². The van der Waals surface area contributed by atoms with Gasteiger partial charge in [-0.05, 0) is 70.8 Å². The van der Waals surface area contributed by atoms with Crippen LogP contribution in [0.25, 0.3) is 68.6 Å². The summed E-state index contributed by atoms with van der Waals surface area (Å²) in [6, 6.07) is 26.9. The van der Waals surface area contributed by atoms with E-state index in [1.165, 1.54) is 0 Å². The van der Waals surface area contributed by atoms with E-state index in [2.05, 4.69) is 0 Å². The Bertz CT molecular complexity index is 2560. The summed E-state index contributed by atoms with van der Waals surface area (Å²) < 4.78 is 33.9. The number of aliphatic hydroxyl groups is 8.